The smallest absolute Gasteiger partial charge is 0.369 e. The average molecular weight is 405 g/mol. The number of aromatic nitrogens is 2. The summed E-state index contributed by atoms with van der Waals surface area (Å²) in [6.07, 6.45) is 3.07. The van der Waals surface area contributed by atoms with Crippen LogP contribution in [0, 0.1) is 0 Å². The third-order valence-corrected chi connectivity index (χ3v) is 4.85. The number of amidine groups is 1. The summed E-state index contributed by atoms with van der Waals surface area (Å²) in [7, 11) is 0. The molecule has 0 amide bonds. The SMILES string of the molecule is CCCc1c(C(=O)ON=C(N)c2ccc(C(C)(C)C)cc2)cnn1-c1ccccc1. The van der Waals surface area contributed by atoms with Gasteiger partial charge in [-0.25, -0.2) is 9.48 Å². The van der Waals surface area contributed by atoms with E-state index in [1.807, 2.05) is 54.6 Å². The Kier molecular flexibility index (Phi) is 6.35. The van der Waals surface area contributed by atoms with Crippen molar-refractivity contribution in [1.82, 2.24) is 9.78 Å². The minimum Gasteiger partial charge on any atom is -0.380 e. The molecule has 2 aromatic carbocycles. The zero-order chi connectivity index (χ0) is 21.7. The lowest BCUT2D eigenvalue weighted by Gasteiger charge is -2.18. The number of nitrogens with zero attached hydrogens (tertiary/aromatic N) is 3. The highest BCUT2D eigenvalue weighted by atomic mass is 16.7. The molecule has 0 aliphatic rings. The summed E-state index contributed by atoms with van der Waals surface area (Å²) in [6, 6.07) is 17.4. The number of hydrogen-bond acceptors (Lipinski definition) is 4. The molecule has 0 radical (unpaired) electrons. The van der Waals surface area contributed by atoms with Crippen LogP contribution in [0.15, 0.2) is 65.9 Å². The first kappa shape index (κ1) is 21.3. The fourth-order valence-electron chi connectivity index (χ4n) is 3.15. The van der Waals surface area contributed by atoms with E-state index >= 15 is 0 Å². The van der Waals surface area contributed by atoms with Crippen LogP contribution in [0.4, 0.5) is 0 Å². The van der Waals surface area contributed by atoms with Crippen LogP contribution >= 0.6 is 0 Å². The van der Waals surface area contributed by atoms with Gasteiger partial charge in [0.25, 0.3) is 0 Å². The minimum absolute atomic E-state index is 0.0471. The number of hydrogen-bond donors (Lipinski definition) is 1. The molecule has 6 nitrogen and oxygen atoms in total. The van der Waals surface area contributed by atoms with E-state index in [1.54, 1.807) is 4.68 Å². The highest BCUT2D eigenvalue weighted by molar-refractivity contribution is 5.98. The Labute approximate surface area is 177 Å². The average Bonchev–Trinajstić information content (AvgIpc) is 3.16. The van der Waals surface area contributed by atoms with E-state index in [9.17, 15) is 4.79 Å². The van der Waals surface area contributed by atoms with E-state index in [0.717, 1.165) is 17.8 Å². The normalized spacial score (nSPS) is 12.1. The van der Waals surface area contributed by atoms with E-state index < -0.39 is 5.97 Å². The molecule has 1 aromatic heterocycles. The third-order valence-electron chi connectivity index (χ3n) is 4.85. The number of carbonyl (C=O) groups is 1. The van der Waals surface area contributed by atoms with Gasteiger partial charge in [-0.1, -0.05) is 81.7 Å². The van der Waals surface area contributed by atoms with Crippen LogP contribution in [-0.4, -0.2) is 21.6 Å². The molecule has 0 aliphatic heterocycles. The molecule has 156 valence electrons. The first-order valence-electron chi connectivity index (χ1n) is 10.1. The summed E-state index contributed by atoms with van der Waals surface area (Å²) in [5.74, 6) is -0.425. The van der Waals surface area contributed by atoms with Crippen molar-refractivity contribution in [2.45, 2.75) is 46.0 Å². The minimum atomic E-state index is -0.574. The molecule has 1 heterocycles. The maximum Gasteiger partial charge on any atom is 0.369 e. The number of para-hydroxylation sites is 1. The first-order valence-corrected chi connectivity index (χ1v) is 10.1. The topological polar surface area (TPSA) is 82.5 Å². The molecule has 0 aliphatic carbocycles. The number of rotatable bonds is 6. The molecule has 0 saturated heterocycles. The lowest BCUT2D eigenvalue weighted by atomic mass is 9.87. The van der Waals surface area contributed by atoms with Crippen LogP contribution in [0.3, 0.4) is 0 Å². The van der Waals surface area contributed by atoms with Crippen molar-refractivity contribution in [3.8, 4) is 5.69 Å². The second kappa shape index (κ2) is 8.95. The van der Waals surface area contributed by atoms with E-state index in [1.165, 1.54) is 11.8 Å². The van der Waals surface area contributed by atoms with Gasteiger partial charge in [0.2, 0.25) is 0 Å². The van der Waals surface area contributed by atoms with Crippen molar-refractivity contribution in [3.05, 3.63) is 83.2 Å². The molecule has 0 spiro atoms. The Morgan fingerprint density at radius 2 is 1.77 bits per heavy atom. The summed E-state index contributed by atoms with van der Waals surface area (Å²) in [5, 5.41) is 8.23. The van der Waals surface area contributed by atoms with Gasteiger partial charge in [0.1, 0.15) is 5.56 Å². The molecule has 0 unspecified atom stereocenters. The summed E-state index contributed by atoms with van der Waals surface area (Å²) in [6.45, 7) is 8.48. The van der Waals surface area contributed by atoms with Gasteiger partial charge in [-0.15, -0.1) is 0 Å². The van der Waals surface area contributed by atoms with Crippen molar-refractivity contribution < 1.29 is 9.63 Å². The lowest BCUT2D eigenvalue weighted by molar-refractivity contribution is 0.0514. The molecular formula is C24H28N4O2. The maximum absolute atomic E-state index is 12.7. The van der Waals surface area contributed by atoms with Crippen molar-refractivity contribution in [3.63, 3.8) is 0 Å². The fourth-order valence-corrected chi connectivity index (χ4v) is 3.15. The number of benzene rings is 2. The Balaban J connectivity index is 1.79. The fraction of sp³-hybridized carbons (Fsp3) is 0.292. The van der Waals surface area contributed by atoms with Gasteiger partial charge < -0.3 is 10.6 Å². The summed E-state index contributed by atoms with van der Waals surface area (Å²) in [4.78, 5) is 17.8. The van der Waals surface area contributed by atoms with Crippen LogP contribution in [0.25, 0.3) is 5.69 Å². The van der Waals surface area contributed by atoms with Gasteiger partial charge in [-0.3, -0.25) is 0 Å². The van der Waals surface area contributed by atoms with Crippen LogP contribution in [-0.2, 0) is 16.7 Å². The number of carbonyl (C=O) groups excluding carboxylic acids is 1. The second-order valence-corrected chi connectivity index (χ2v) is 8.18. The molecule has 0 fully saturated rings. The van der Waals surface area contributed by atoms with Crippen LogP contribution < -0.4 is 5.73 Å². The second-order valence-electron chi connectivity index (χ2n) is 8.18. The van der Waals surface area contributed by atoms with Crippen molar-refractivity contribution >= 4 is 11.8 Å². The molecular weight excluding hydrogens is 376 g/mol. The van der Waals surface area contributed by atoms with Gasteiger partial charge in [0, 0.05) is 5.56 Å². The molecule has 6 heteroatoms. The maximum atomic E-state index is 12.7. The van der Waals surface area contributed by atoms with Crippen LogP contribution in [0.5, 0.6) is 0 Å². The van der Waals surface area contributed by atoms with Gasteiger partial charge >= 0.3 is 5.97 Å². The first-order chi connectivity index (χ1) is 14.3. The van der Waals surface area contributed by atoms with E-state index in [4.69, 9.17) is 10.6 Å². The monoisotopic (exact) mass is 404 g/mol. The predicted octanol–water partition coefficient (Wildman–Crippen LogP) is 4.60. The quantitative estimate of drug-likeness (QED) is 0.282. The molecule has 3 rings (SSSR count). The number of nitrogens with two attached hydrogens (primary N) is 1. The Bertz CT molecular complexity index is 1030. The van der Waals surface area contributed by atoms with Crippen LogP contribution in [0.1, 0.15) is 61.3 Å². The summed E-state index contributed by atoms with van der Waals surface area (Å²) < 4.78 is 1.76. The van der Waals surface area contributed by atoms with Crippen molar-refractivity contribution in [2.75, 3.05) is 0 Å². The standard InChI is InChI=1S/C24H28N4O2/c1-5-9-21-20(16-26-28(21)19-10-7-6-8-11-19)23(29)30-27-22(25)17-12-14-18(15-13-17)24(2,3)4/h6-8,10-16H,5,9H2,1-4H3,(H2,25,27). The Morgan fingerprint density at radius 3 is 2.37 bits per heavy atom. The third kappa shape index (κ3) is 4.76. The van der Waals surface area contributed by atoms with E-state index in [0.29, 0.717) is 17.5 Å². The lowest BCUT2D eigenvalue weighted by Crippen LogP contribution is -2.17. The van der Waals surface area contributed by atoms with Crippen molar-refractivity contribution in [1.29, 1.82) is 0 Å². The molecule has 3 aromatic rings. The van der Waals surface area contributed by atoms with Gasteiger partial charge in [0.15, 0.2) is 5.84 Å². The van der Waals surface area contributed by atoms with Crippen LogP contribution in [0.2, 0.25) is 0 Å². The Morgan fingerprint density at radius 1 is 1.10 bits per heavy atom. The molecule has 2 N–H and O–H groups in total. The Hall–Kier alpha value is -3.41. The highest BCUT2D eigenvalue weighted by Gasteiger charge is 2.20. The number of oxime groups is 1. The van der Waals surface area contributed by atoms with Gasteiger partial charge in [0.05, 0.1) is 17.6 Å². The summed E-state index contributed by atoms with van der Waals surface area (Å²) in [5.41, 5.74) is 10.0. The zero-order valence-electron chi connectivity index (χ0n) is 17.9. The highest BCUT2D eigenvalue weighted by Crippen LogP contribution is 2.22. The van der Waals surface area contributed by atoms with E-state index in [2.05, 4.69) is 37.9 Å². The predicted molar refractivity (Wildman–Crippen MR) is 119 cm³/mol. The summed E-state index contributed by atoms with van der Waals surface area (Å²) >= 11 is 0. The molecule has 0 saturated carbocycles. The largest absolute Gasteiger partial charge is 0.380 e. The molecule has 0 bridgehead atoms. The molecule has 30 heavy (non-hydrogen) atoms. The van der Waals surface area contributed by atoms with E-state index in [-0.39, 0.29) is 11.3 Å². The zero-order valence-corrected chi connectivity index (χ0v) is 17.9. The van der Waals surface area contributed by atoms with Crippen molar-refractivity contribution in [2.24, 2.45) is 10.9 Å². The van der Waals surface area contributed by atoms with Gasteiger partial charge in [-0.05, 0) is 29.5 Å². The molecule has 0 atom stereocenters. The van der Waals surface area contributed by atoms with Gasteiger partial charge in [-0.2, -0.15) is 5.10 Å².